The highest BCUT2D eigenvalue weighted by Gasteiger charge is 2.12. The number of rotatable bonds is 3. The molecule has 3 nitrogen and oxygen atoms in total. The van der Waals surface area contributed by atoms with Gasteiger partial charge in [-0.3, -0.25) is 4.79 Å². The molecule has 0 spiro atoms. The summed E-state index contributed by atoms with van der Waals surface area (Å²) in [5.74, 6) is -0.259. The summed E-state index contributed by atoms with van der Waals surface area (Å²) in [6.45, 7) is 2.07. The molecule has 0 saturated carbocycles. The highest BCUT2D eigenvalue weighted by Crippen LogP contribution is 2.24. The number of carbonyl (C=O) groups excluding carboxylic acids is 1. The minimum Gasteiger partial charge on any atom is -0.398 e. The Hall–Kier alpha value is -2.00. The zero-order valence-corrected chi connectivity index (χ0v) is 11.4. The van der Waals surface area contributed by atoms with Crippen molar-refractivity contribution in [3.63, 3.8) is 0 Å². The molecule has 0 atom stereocenters. The van der Waals surface area contributed by atoms with Gasteiger partial charge in [-0.2, -0.15) is 0 Å². The van der Waals surface area contributed by atoms with E-state index in [1.54, 1.807) is 18.2 Å². The van der Waals surface area contributed by atoms with Crippen molar-refractivity contribution in [3.05, 3.63) is 58.6 Å². The van der Waals surface area contributed by atoms with Crippen molar-refractivity contribution in [1.82, 2.24) is 0 Å². The topological polar surface area (TPSA) is 55.1 Å². The van der Waals surface area contributed by atoms with E-state index in [1.165, 1.54) is 0 Å². The van der Waals surface area contributed by atoms with E-state index in [1.807, 2.05) is 24.3 Å². The Bertz CT molecular complexity index is 611. The summed E-state index contributed by atoms with van der Waals surface area (Å²) in [7, 11) is 0. The van der Waals surface area contributed by atoms with Gasteiger partial charge in [0.2, 0.25) is 0 Å². The molecule has 0 saturated heterocycles. The zero-order valence-electron chi connectivity index (χ0n) is 10.6. The second-order valence-corrected chi connectivity index (χ2v) is 4.59. The van der Waals surface area contributed by atoms with Crippen LogP contribution >= 0.6 is 11.6 Å². The average molecular weight is 275 g/mol. The number of nitrogens with two attached hydrogens (primary N) is 1. The van der Waals surface area contributed by atoms with Crippen LogP contribution < -0.4 is 11.1 Å². The lowest BCUT2D eigenvalue weighted by molar-refractivity contribution is 0.102. The highest BCUT2D eigenvalue weighted by molar-refractivity contribution is 6.36. The number of halogens is 1. The Balaban J connectivity index is 2.23. The molecule has 0 fully saturated rings. The quantitative estimate of drug-likeness (QED) is 0.838. The summed E-state index contributed by atoms with van der Waals surface area (Å²) < 4.78 is 0. The van der Waals surface area contributed by atoms with Crippen LogP contribution in [0, 0.1) is 0 Å². The number of benzene rings is 2. The molecule has 2 aromatic carbocycles. The largest absolute Gasteiger partial charge is 0.398 e. The van der Waals surface area contributed by atoms with Crippen molar-refractivity contribution in [2.24, 2.45) is 0 Å². The summed E-state index contributed by atoms with van der Waals surface area (Å²) >= 11 is 6.03. The predicted octanol–water partition coefficient (Wildman–Crippen LogP) is 3.74. The number of anilines is 2. The molecule has 0 unspecified atom stereocenters. The number of aryl methyl sites for hydroxylation is 1. The number of nitrogens with one attached hydrogen (secondary N) is 1. The van der Waals surface area contributed by atoms with Gasteiger partial charge in [-0.1, -0.05) is 36.7 Å². The molecule has 0 aromatic heterocycles. The van der Waals surface area contributed by atoms with Crippen molar-refractivity contribution in [2.45, 2.75) is 13.3 Å². The molecule has 0 aliphatic carbocycles. The summed E-state index contributed by atoms with van der Waals surface area (Å²) in [5.41, 5.74) is 8.38. The summed E-state index contributed by atoms with van der Waals surface area (Å²) in [5, 5.41) is 3.11. The van der Waals surface area contributed by atoms with Gasteiger partial charge in [-0.25, -0.2) is 0 Å². The van der Waals surface area contributed by atoms with Gasteiger partial charge in [0, 0.05) is 5.69 Å². The smallest absolute Gasteiger partial charge is 0.257 e. The molecule has 98 valence electrons. The molecule has 0 heterocycles. The Labute approximate surface area is 117 Å². The monoisotopic (exact) mass is 274 g/mol. The van der Waals surface area contributed by atoms with Gasteiger partial charge in [-0.15, -0.1) is 0 Å². The van der Waals surface area contributed by atoms with E-state index >= 15 is 0 Å². The maximum atomic E-state index is 12.1. The molecule has 2 aromatic rings. The number of nitrogen functional groups attached to an aromatic ring is 1. The molecular weight excluding hydrogens is 260 g/mol. The average Bonchev–Trinajstić information content (AvgIpc) is 2.42. The van der Waals surface area contributed by atoms with Gasteiger partial charge in [0.15, 0.2) is 0 Å². The van der Waals surface area contributed by atoms with Crippen LogP contribution in [-0.4, -0.2) is 5.91 Å². The first-order valence-corrected chi connectivity index (χ1v) is 6.44. The zero-order chi connectivity index (χ0) is 13.8. The Morgan fingerprint density at radius 1 is 1.26 bits per heavy atom. The first-order valence-electron chi connectivity index (χ1n) is 6.06. The van der Waals surface area contributed by atoms with Gasteiger partial charge in [0.25, 0.3) is 5.91 Å². The van der Waals surface area contributed by atoms with Crippen molar-refractivity contribution in [3.8, 4) is 0 Å². The fourth-order valence-corrected chi connectivity index (χ4v) is 2.00. The third-order valence-electron chi connectivity index (χ3n) is 2.87. The predicted molar refractivity (Wildman–Crippen MR) is 79.6 cm³/mol. The minimum absolute atomic E-state index is 0.259. The molecule has 0 aliphatic heterocycles. The standard InChI is InChI=1S/C15H15ClN2O/c1-2-10-5-3-6-11(9-10)18-15(19)12-7-4-8-13(17)14(12)16/h3-9H,2,17H2,1H3,(H,18,19). The molecule has 4 heteroatoms. The number of carbonyl (C=O) groups is 1. The van der Waals surface area contributed by atoms with E-state index in [-0.39, 0.29) is 10.9 Å². The lowest BCUT2D eigenvalue weighted by atomic mass is 10.1. The third-order valence-corrected chi connectivity index (χ3v) is 3.29. The van der Waals surface area contributed by atoms with E-state index in [0.29, 0.717) is 11.3 Å². The van der Waals surface area contributed by atoms with Crippen LogP contribution in [0.3, 0.4) is 0 Å². The lowest BCUT2D eigenvalue weighted by Crippen LogP contribution is -2.13. The second kappa shape index (κ2) is 5.76. The normalized spacial score (nSPS) is 10.2. The summed E-state index contributed by atoms with van der Waals surface area (Å²) in [6.07, 6.45) is 0.919. The molecule has 3 N–H and O–H groups in total. The summed E-state index contributed by atoms with van der Waals surface area (Å²) in [4.78, 5) is 12.1. The lowest BCUT2D eigenvalue weighted by Gasteiger charge is -2.09. The molecule has 1 amide bonds. The number of amides is 1. The molecular formula is C15H15ClN2O. The van der Waals surface area contributed by atoms with E-state index in [2.05, 4.69) is 12.2 Å². The molecule has 19 heavy (non-hydrogen) atoms. The van der Waals surface area contributed by atoms with E-state index in [9.17, 15) is 4.79 Å². The van der Waals surface area contributed by atoms with Crippen molar-refractivity contribution >= 4 is 28.9 Å². The molecule has 0 aliphatic rings. The van der Waals surface area contributed by atoms with Crippen LogP contribution in [0.2, 0.25) is 5.02 Å². The summed E-state index contributed by atoms with van der Waals surface area (Å²) in [6, 6.07) is 12.7. The van der Waals surface area contributed by atoms with Crippen molar-refractivity contribution in [2.75, 3.05) is 11.1 Å². The van der Waals surface area contributed by atoms with Gasteiger partial charge >= 0.3 is 0 Å². The van der Waals surface area contributed by atoms with Gasteiger partial charge in [0.05, 0.1) is 16.3 Å². The Morgan fingerprint density at radius 2 is 2.00 bits per heavy atom. The van der Waals surface area contributed by atoms with Gasteiger partial charge in [-0.05, 0) is 36.2 Å². The SMILES string of the molecule is CCc1cccc(NC(=O)c2cccc(N)c2Cl)c1. The maximum absolute atomic E-state index is 12.1. The molecule has 0 bridgehead atoms. The Morgan fingerprint density at radius 3 is 2.74 bits per heavy atom. The first-order chi connectivity index (χ1) is 9.11. The van der Waals surface area contributed by atoms with Gasteiger partial charge < -0.3 is 11.1 Å². The van der Waals surface area contributed by atoms with Crippen LogP contribution in [-0.2, 0) is 6.42 Å². The fraction of sp³-hybridized carbons (Fsp3) is 0.133. The van der Waals surface area contributed by atoms with Crippen LogP contribution in [0.5, 0.6) is 0 Å². The Kier molecular flexibility index (Phi) is 4.07. The number of hydrogen-bond donors (Lipinski definition) is 2. The second-order valence-electron chi connectivity index (χ2n) is 4.22. The van der Waals surface area contributed by atoms with Crippen LogP contribution in [0.15, 0.2) is 42.5 Å². The minimum atomic E-state index is -0.259. The fourth-order valence-electron chi connectivity index (χ4n) is 1.79. The van der Waals surface area contributed by atoms with E-state index in [0.717, 1.165) is 17.7 Å². The van der Waals surface area contributed by atoms with E-state index in [4.69, 9.17) is 17.3 Å². The maximum Gasteiger partial charge on any atom is 0.257 e. The molecule has 2 rings (SSSR count). The van der Waals surface area contributed by atoms with Gasteiger partial charge in [0.1, 0.15) is 0 Å². The highest BCUT2D eigenvalue weighted by atomic mass is 35.5. The molecule has 0 radical (unpaired) electrons. The van der Waals surface area contributed by atoms with Crippen LogP contribution in [0.4, 0.5) is 11.4 Å². The van der Waals surface area contributed by atoms with Crippen LogP contribution in [0.1, 0.15) is 22.8 Å². The first kappa shape index (κ1) is 13.4. The number of hydrogen-bond acceptors (Lipinski definition) is 2. The van der Waals surface area contributed by atoms with Crippen molar-refractivity contribution < 1.29 is 4.79 Å². The third kappa shape index (κ3) is 3.06. The van der Waals surface area contributed by atoms with E-state index < -0.39 is 0 Å². The van der Waals surface area contributed by atoms with Crippen molar-refractivity contribution in [1.29, 1.82) is 0 Å². The van der Waals surface area contributed by atoms with Crippen LogP contribution in [0.25, 0.3) is 0 Å².